The summed E-state index contributed by atoms with van der Waals surface area (Å²) >= 11 is 6.86. The molecule has 1 aromatic heterocycles. The lowest BCUT2D eigenvalue weighted by Gasteiger charge is -2.06. The van der Waals surface area contributed by atoms with Crippen molar-refractivity contribution in [2.75, 3.05) is 6.54 Å². The first kappa shape index (κ1) is 13.4. The molecule has 0 unspecified atom stereocenters. The van der Waals surface area contributed by atoms with Crippen LogP contribution in [0.5, 0.6) is 0 Å². The summed E-state index contributed by atoms with van der Waals surface area (Å²) in [7, 11) is 0. The Morgan fingerprint density at radius 3 is 2.94 bits per heavy atom. The predicted molar refractivity (Wildman–Crippen MR) is 74.8 cm³/mol. The minimum atomic E-state index is 0.655. The van der Waals surface area contributed by atoms with Crippen LogP contribution in [0.3, 0.4) is 0 Å². The predicted octanol–water partition coefficient (Wildman–Crippen LogP) is 3.04. The van der Waals surface area contributed by atoms with Crippen molar-refractivity contribution >= 4 is 36.5 Å². The maximum absolute atomic E-state index is 5.59. The maximum atomic E-state index is 5.59. The van der Waals surface area contributed by atoms with Gasteiger partial charge in [0, 0.05) is 35.4 Å². The smallest absolute Gasteiger partial charge is 0.105 e. The van der Waals surface area contributed by atoms with Gasteiger partial charge in [-0.3, -0.25) is 9.98 Å². The van der Waals surface area contributed by atoms with E-state index in [1.807, 2.05) is 19.1 Å². The molecule has 0 fully saturated rings. The van der Waals surface area contributed by atoms with Crippen LogP contribution in [0.2, 0.25) is 0 Å². The summed E-state index contributed by atoms with van der Waals surface area (Å²) < 4.78 is 1.77. The first-order chi connectivity index (χ1) is 7.69. The van der Waals surface area contributed by atoms with Crippen molar-refractivity contribution in [1.82, 2.24) is 4.98 Å². The van der Waals surface area contributed by atoms with E-state index in [0.717, 1.165) is 26.9 Å². The highest BCUT2D eigenvalue weighted by atomic mass is 79.9. The molecule has 3 nitrogen and oxygen atoms in total. The molecule has 0 aromatic carbocycles. The van der Waals surface area contributed by atoms with Gasteiger partial charge in [-0.15, -0.1) is 0 Å². The average molecular weight is 347 g/mol. The van der Waals surface area contributed by atoms with Gasteiger partial charge >= 0.3 is 0 Å². The Hall–Kier alpha value is -0.680. The molecule has 1 heterocycles. The number of nitrogens with zero attached hydrogens (tertiary/aromatic N) is 2. The second kappa shape index (κ2) is 6.81. The number of aliphatic imine (C=N–C) groups is 1. The Morgan fingerprint density at radius 2 is 2.38 bits per heavy atom. The van der Waals surface area contributed by atoms with Gasteiger partial charge in [-0.2, -0.15) is 0 Å². The quantitative estimate of drug-likeness (QED) is 0.852. The summed E-state index contributed by atoms with van der Waals surface area (Å²) in [5.41, 5.74) is 7.46. The van der Waals surface area contributed by atoms with E-state index in [1.165, 1.54) is 0 Å². The molecule has 2 N–H and O–H groups in total. The van der Waals surface area contributed by atoms with Crippen molar-refractivity contribution in [2.45, 2.75) is 13.3 Å². The van der Waals surface area contributed by atoms with Crippen molar-refractivity contribution in [3.63, 3.8) is 0 Å². The summed E-state index contributed by atoms with van der Waals surface area (Å²) in [6, 6.07) is 3.84. The number of aromatic nitrogens is 1. The fourth-order valence-corrected chi connectivity index (χ4v) is 2.09. The normalized spacial score (nSPS) is 12.9. The Labute approximate surface area is 112 Å². The molecule has 86 valence electrons. The Bertz CT molecular complexity index is 413. The molecule has 0 saturated carbocycles. The van der Waals surface area contributed by atoms with E-state index in [4.69, 9.17) is 5.73 Å². The lowest BCUT2D eigenvalue weighted by atomic mass is 10.1. The van der Waals surface area contributed by atoms with Crippen LogP contribution in [0.4, 0.5) is 0 Å². The zero-order valence-corrected chi connectivity index (χ0v) is 12.1. The first-order valence-corrected chi connectivity index (χ1v) is 6.48. The highest BCUT2D eigenvalue weighted by Gasteiger charge is 2.07. The molecular formula is C11H13Br2N3. The molecule has 0 aliphatic carbocycles. The second-order valence-electron chi connectivity index (χ2n) is 3.07. The largest absolute Gasteiger partial charge is 0.404 e. The molecule has 0 saturated heterocycles. The van der Waals surface area contributed by atoms with Gasteiger partial charge in [0.2, 0.25) is 0 Å². The van der Waals surface area contributed by atoms with Crippen LogP contribution < -0.4 is 5.73 Å². The number of halogens is 2. The monoisotopic (exact) mass is 345 g/mol. The van der Waals surface area contributed by atoms with Gasteiger partial charge in [-0.1, -0.05) is 0 Å². The van der Waals surface area contributed by atoms with Gasteiger partial charge in [0.1, 0.15) is 4.62 Å². The summed E-state index contributed by atoms with van der Waals surface area (Å²) in [6.45, 7) is 2.70. The molecule has 0 aliphatic rings. The number of allylic oxidation sites excluding steroid dienone is 1. The third-order valence-corrected chi connectivity index (χ3v) is 3.44. The van der Waals surface area contributed by atoms with Crippen LogP contribution in [0.1, 0.15) is 12.6 Å². The number of hydrogen-bond donors (Lipinski definition) is 1. The molecule has 16 heavy (non-hydrogen) atoms. The van der Waals surface area contributed by atoms with Gasteiger partial charge in [0.25, 0.3) is 0 Å². The molecule has 0 aliphatic heterocycles. The fraction of sp³-hybridized carbons (Fsp3) is 0.273. The van der Waals surface area contributed by atoms with Crippen LogP contribution >= 0.6 is 31.9 Å². The van der Waals surface area contributed by atoms with E-state index in [-0.39, 0.29) is 0 Å². The summed E-state index contributed by atoms with van der Waals surface area (Å²) in [4.78, 5) is 8.55. The minimum absolute atomic E-state index is 0.655. The number of rotatable bonds is 4. The lowest BCUT2D eigenvalue weighted by Crippen LogP contribution is -2.04. The van der Waals surface area contributed by atoms with E-state index in [2.05, 4.69) is 41.8 Å². The lowest BCUT2D eigenvalue weighted by molar-refractivity contribution is 1.06. The van der Waals surface area contributed by atoms with Crippen molar-refractivity contribution < 1.29 is 0 Å². The molecule has 0 atom stereocenters. The highest BCUT2D eigenvalue weighted by Crippen LogP contribution is 2.18. The van der Waals surface area contributed by atoms with Crippen molar-refractivity contribution in [3.05, 3.63) is 40.3 Å². The SMILES string of the molecule is CCN=C(Br)C(=CN)Cc1ncccc1Br. The van der Waals surface area contributed by atoms with Gasteiger partial charge in [-0.25, -0.2) is 0 Å². The second-order valence-corrected chi connectivity index (χ2v) is 4.67. The van der Waals surface area contributed by atoms with E-state index >= 15 is 0 Å². The molecule has 0 amide bonds. The fourth-order valence-electron chi connectivity index (χ4n) is 1.17. The number of hydrogen-bond acceptors (Lipinski definition) is 3. The third kappa shape index (κ3) is 3.72. The summed E-state index contributed by atoms with van der Waals surface area (Å²) in [5.74, 6) is 0. The van der Waals surface area contributed by atoms with E-state index in [9.17, 15) is 0 Å². The van der Waals surface area contributed by atoms with Gasteiger partial charge < -0.3 is 5.73 Å². The zero-order valence-electron chi connectivity index (χ0n) is 8.95. The molecule has 5 heteroatoms. The molecular weight excluding hydrogens is 334 g/mol. The molecule has 0 bridgehead atoms. The molecule has 1 rings (SSSR count). The Morgan fingerprint density at radius 1 is 1.62 bits per heavy atom. The van der Waals surface area contributed by atoms with E-state index in [0.29, 0.717) is 6.42 Å². The van der Waals surface area contributed by atoms with Crippen LogP contribution in [0, 0.1) is 0 Å². The van der Waals surface area contributed by atoms with Gasteiger partial charge in [-0.05, 0) is 50.9 Å². The summed E-state index contributed by atoms with van der Waals surface area (Å²) in [6.07, 6.45) is 3.98. The molecule has 0 spiro atoms. The van der Waals surface area contributed by atoms with Crippen LogP contribution in [-0.2, 0) is 6.42 Å². The topological polar surface area (TPSA) is 51.3 Å². The zero-order chi connectivity index (χ0) is 12.0. The van der Waals surface area contributed by atoms with Gasteiger partial charge in [0.05, 0.1) is 5.69 Å². The average Bonchev–Trinajstić information content (AvgIpc) is 2.28. The number of pyridine rings is 1. The molecule has 0 radical (unpaired) electrons. The van der Waals surface area contributed by atoms with Crippen molar-refractivity contribution in [1.29, 1.82) is 0 Å². The van der Waals surface area contributed by atoms with E-state index < -0.39 is 0 Å². The van der Waals surface area contributed by atoms with Gasteiger partial charge in [0.15, 0.2) is 0 Å². The minimum Gasteiger partial charge on any atom is -0.404 e. The Balaban J connectivity index is 2.88. The first-order valence-electron chi connectivity index (χ1n) is 4.89. The Kier molecular flexibility index (Phi) is 5.69. The standard InChI is InChI=1S/C11H13Br2N3/c1-2-15-11(13)8(7-14)6-10-9(12)4-3-5-16-10/h3-5,7H,2,6,14H2,1H3. The van der Waals surface area contributed by atoms with Crippen molar-refractivity contribution in [3.8, 4) is 0 Å². The summed E-state index contributed by atoms with van der Waals surface area (Å²) in [5, 5.41) is 0. The van der Waals surface area contributed by atoms with Crippen LogP contribution in [0.15, 0.2) is 39.6 Å². The van der Waals surface area contributed by atoms with E-state index in [1.54, 1.807) is 12.4 Å². The highest BCUT2D eigenvalue weighted by molar-refractivity contribution is 9.18. The van der Waals surface area contributed by atoms with Crippen molar-refractivity contribution in [2.24, 2.45) is 10.7 Å². The van der Waals surface area contributed by atoms with Crippen LogP contribution in [0.25, 0.3) is 0 Å². The maximum Gasteiger partial charge on any atom is 0.105 e. The van der Waals surface area contributed by atoms with Crippen LogP contribution in [-0.4, -0.2) is 16.1 Å². The third-order valence-electron chi connectivity index (χ3n) is 1.96. The number of nitrogens with two attached hydrogens (primary N) is 1. The molecule has 1 aromatic rings.